The van der Waals surface area contributed by atoms with Gasteiger partial charge in [0.2, 0.25) is 0 Å². The molecule has 0 spiro atoms. The molecular weight excluding hydrogens is 222 g/mol. The second kappa shape index (κ2) is 5.36. The highest BCUT2D eigenvalue weighted by Gasteiger charge is 2.14. The molecule has 0 radical (unpaired) electrons. The zero-order valence-corrected chi connectivity index (χ0v) is 10.2. The molecule has 6 heteroatoms. The number of hydrogen-bond donors (Lipinski definition) is 3. The van der Waals surface area contributed by atoms with Crippen LogP contribution in [0.25, 0.3) is 0 Å². The van der Waals surface area contributed by atoms with Gasteiger partial charge in [0.05, 0.1) is 0 Å². The maximum Gasteiger partial charge on any atom is 0.145 e. The number of hydrogen-bond acceptors (Lipinski definition) is 6. The number of aryl methyl sites for hydroxylation is 1. The van der Waals surface area contributed by atoms with E-state index in [9.17, 15) is 0 Å². The molecule has 1 aromatic rings. The van der Waals surface area contributed by atoms with Crippen molar-refractivity contribution in [2.75, 3.05) is 22.2 Å². The summed E-state index contributed by atoms with van der Waals surface area (Å²) in [6.07, 6.45) is 2.39. The van der Waals surface area contributed by atoms with Crippen LogP contribution < -0.4 is 16.6 Å². The van der Waals surface area contributed by atoms with Crippen LogP contribution >= 0.6 is 11.8 Å². The first-order valence-corrected chi connectivity index (χ1v) is 6.60. The van der Waals surface area contributed by atoms with E-state index in [0.717, 1.165) is 11.6 Å². The van der Waals surface area contributed by atoms with Crippen LogP contribution in [0.5, 0.6) is 0 Å². The van der Waals surface area contributed by atoms with Crippen molar-refractivity contribution in [1.82, 2.24) is 9.97 Å². The molecule has 0 atom stereocenters. The summed E-state index contributed by atoms with van der Waals surface area (Å²) < 4.78 is 0. The average Bonchev–Trinajstić information content (AvgIpc) is 2.29. The largest absolute Gasteiger partial charge is 0.367 e. The van der Waals surface area contributed by atoms with E-state index in [1.54, 1.807) is 0 Å². The quantitative estimate of drug-likeness (QED) is 0.546. The number of anilines is 2. The first-order chi connectivity index (χ1) is 7.78. The Labute approximate surface area is 99.6 Å². The van der Waals surface area contributed by atoms with Crippen LogP contribution in [0.4, 0.5) is 11.6 Å². The Morgan fingerprint density at radius 2 is 2.00 bits per heavy atom. The monoisotopic (exact) mass is 239 g/mol. The molecule has 1 aliphatic heterocycles. The van der Waals surface area contributed by atoms with E-state index in [2.05, 4.69) is 20.7 Å². The smallest absolute Gasteiger partial charge is 0.145 e. The van der Waals surface area contributed by atoms with Crippen molar-refractivity contribution >= 4 is 23.4 Å². The molecule has 0 unspecified atom stereocenters. The molecular formula is C10H17N5S. The number of nitrogens with two attached hydrogens (primary N) is 1. The standard InChI is InChI=1S/C10H17N5S/c1-7-12-9(6-10(13-7)15-11)14-8-2-4-16-5-3-8/h6,8H,2-5,11H2,1H3,(H2,12,13,14,15). The van der Waals surface area contributed by atoms with E-state index in [1.807, 2.05) is 24.8 Å². The van der Waals surface area contributed by atoms with Gasteiger partial charge in [0, 0.05) is 12.1 Å². The Hall–Kier alpha value is -1.01. The predicted molar refractivity (Wildman–Crippen MR) is 68.5 cm³/mol. The number of nitrogens with zero attached hydrogens (tertiary/aromatic N) is 2. The molecule has 16 heavy (non-hydrogen) atoms. The molecule has 2 rings (SSSR count). The van der Waals surface area contributed by atoms with Gasteiger partial charge in [0.15, 0.2) is 0 Å². The average molecular weight is 239 g/mol. The summed E-state index contributed by atoms with van der Waals surface area (Å²) in [4.78, 5) is 8.51. The van der Waals surface area contributed by atoms with Gasteiger partial charge in [0.25, 0.3) is 0 Å². The summed E-state index contributed by atoms with van der Waals surface area (Å²) in [5, 5.41) is 3.44. The van der Waals surface area contributed by atoms with E-state index in [4.69, 9.17) is 5.84 Å². The van der Waals surface area contributed by atoms with Crippen LogP contribution in [0.1, 0.15) is 18.7 Å². The lowest BCUT2D eigenvalue weighted by Gasteiger charge is -2.23. The van der Waals surface area contributed by atoms with Crippen molar-refractivity contribution in [2.45, 2.75) is 25.8 Å². The summed E-state index contributed by atoms with van der Waals surface area (Å²) in [7, 11) is 0. The van der Waals surface area contributed by atoms with E-state index in [1.165, 1.54) is 24.3 Å². The first kappa shape index (κ1) is 11.5. The number of hydrazine groups is 1. The second-order valence-electron chi connectivity index (χ2n) is 3.86. The number of thioether (sulfide) groups is 1. The molecule has 0 saturated carbocycles. The number of aromatic nitrogens is 2. The SMILES string of the molecule is Cc1nc(NN)cc(NC2CCSCC2)n1. The third kappa shape index (κ3) is 2.99. The summed E-state index contributed by atoms with van der Waals surface area (Å²) >= 11 is 2.01. The lowest BCUT2D eigenvalue weighted by atomic mass is 10.1. The lowest BCUT2D eigenvalue weighted by molar-refractivity contribution is 0.663. The van der Waals surface area contributed by atoms with Gasteiger partial charge in [-0.1, -0.05) is 0 Å². The van der Waals surface area contributed by atoms with Crippen molar-refractivity contribution in [3.8, 4) is 0 Å². The molecule has 1 saturated heterocycles. The van der Waals surface area contributed by atoms with Crippen LogP contribution in [0.3, 0.4) is 0 Å². The van der Waals surface area contributed by atoms with Crippen LogP contribution in [0, 0.1) is 6.92 Å². The maximum atomic E-state index is 5.35. The van der Waals surface area contributed by atoms with Gasteiger partial charge in [0.1, 0.15) is 17.5 Å². The zero-order chi connectivity index (χ0) is 11.4. The highest BCUT2D eigenvalue weighted by molar-refractivity contribution is 7.99. The van der Waals surface area contributed by atoms with Crippen molar-refractivity contribution in [3.05, 3.63) is 11.9 Å². The van der Waals surface area contributed by atoms with Gasteiger partial charge in [-0.2, -0.15) is 11.8 Å². The van der Waals surface area contributed by atoms with Crippen molar-refractivity contribution < 1.29 is 0 Å². The van der Waals surface area contributed by atoms with Gasteiger partial charge in [-0.3, -0.25) is 0 Å². The first-order valence-electron chi connectivity index (χ1n) is 5.44. The highest BCUT2D eigenvalue weighted by Crippen LogP contribution is 2.20. The lowest BCUT2D eigenvalue weighted by Crippen LogP contribution is -2.25. The summed E-state index contributed by atoms with van der Waals surface area (Å²) in [5.41, 5.74) is 2.55. The third-order valence-corrected chi connectivity index (χ3v) is 3.61. The second-order valence-corrected chi connectivity index (χ2v) is 5.09. The third-order valence-electron chi connectivity index (χ3n) is 2.56. The molecule has 0 aromatic carbocycles. The summed E-state index contributed by atoms with van der Waals surface area (Å²) in [6.45, 7) is 1.86. The van der Waals surface area contributed by atoms with E-state index >= 15 is 0 Å². The minimum absolute atomic E-state index is 0.529. The Balaban J connectivity index is 2.04. The molecule has 0 amide bonds. The Kier molecular flexibility index (Phi) is 3.84. The minimum atomic E-state index is 0.529. The van der Waals surface area contributed by atoms with Crippen molar-refractivity contribution in [1.29, 1.82) is 0 Å². The molecule has 1 aliphatic rings. The number of nitrogen functional groups attached to an aromatic ring is 1. The minimum Gasteiger partial charge on any atom is -0.367 e. The maximum absolute atomic E-state index is 5.35. The molecule has 1 aromatic heterocycles. The van der Waals surface area contributed by atoms with Gasteiger partial charge in [-0.15, -0.1) is 0 Å². The summed E-state index contributed by atoms with van der Waals surface area (Å²) in [5.74, 6) is 10.0. The van der Waals surface area contributed by atoms with Crippen LogP contribution in [-0.4, -0.2) is 27.5 Å². The Bertz CT molecular complexity index is 351. The van der Waals surface area contributed by atoms with E-state index in [0.29, 0.717) is 11.9 Å². The van der Waals surface area contributed by atoms with Crippen LogP contribution in [0.2, 0.25) is 0 Å². The highest BCUT2D eigenvalue weighted by atomic mass is 32.2. The van der Waals surface area contributed by atoms with Crippen molar-refractivity contribution in [3.63, 3.8) is 0 Å². The van der Waals surface area contributed by atoms with Crippen LogP contribution in [0.15, 0.2) is 6.07 Å². The van der Waals surface area contributed by atoms with Crippen molar-refractivity contribution in [2.24, 2.45) is 5.84 Å². The molecule has 0 aliphatic carbocycles. The fourth-order valence-corrected chi connectivity index (χ4v) is 2.87. The van der Waals surface area contributed by atoms with Crippen LogP contribution in [-0.2, 0) is 0 Å². The molecule has 0 bridgehead atoms. The fourth-order valence-electron chi connectivity index (χ4n) is 1.77. The number of nitrogens with one attached hydrogen (secondary N) is 2. The number of rotatable bonds is 3. The molecule has 5 nitrogen and oxygen atoms in total. The normalized spacial score (nSPS) is 17.1. The van der Waals surface area contributed by atoms with Gasteiger partial charge < -0.3 is 10.7 Å². The zero-order valence-electron chi connectivity index (χ0n) is 9.36. The molecule has 4 N–H and O–H groups in total. The molecule has 1 fully saturated rings. The van der Waals surface area contributed by atoms with E-state index in [-0.39, 0.29) is 0 Å². The van der Waals surface area contributed by atoms with Gasteiger partial charge in [-0.25, -0.2) is 15.8 Å². The Morgan fingerprint density at radius 3 is 2.69 bits per heavy atom. The molecule has 2 heterocycles. The topological polar surface area (TPSA) is 75.9 Å². The molecule has 88 valence electrons. The van der Waals surface area contributed by atoms with Gasteiger partial charge in [-0.05, 0) is 31.3 Å². The van der Waals surface area contributed by atoms with Gasteiger partial charge >= 0.3 is 0 Å². The predicted octanol–water partition coefficient (Wildman–Crippen LogP) is 1.38. The van der Waals surface area contributed by atoms with E-state index < -0.39 is 0 Å². The Morgan fingerprint density at radius 1 is 1.31 bits per heavy atom. The summed E-state index contributed by atoms with van der Waals surface area (Å²) in [6, 6.07) is 2.37. The fraction of sp³-hybridized carbons (Fsp3) is 0.600.